The van der Waals surface area contributed by atoms with E-state index in [1.807, 2.05) is 18.2 Å². The van der Waals surface area contributed by atoms with Gasteiger partial charge >= 0.3 is 0 Å². The summed E-state index contributed by atoms with van der Waals surface area (Å²) in [5, 5.41) is 11.6. The van der Waals surface area contributed by atoms with Crippen LogP contribution in [-0.4, -0.2) is 48.8 Å². The van der Waals surface area contributed by atoms with E-state index in [0.717, 1.165) is 61.9 Å². The number of hydrogen-bond acceptors (Lipinski definition) is 7. The van der Waals surface area contributed by atoms with Gasteiger partial charge in [0.15, 0.2) is 4.90 Å². The largest absolute Gasteiger partial charge is 0.377 e. The number of rotatable bonds is 19. The van der Waals surface area contributed by atoms with Crippen LogP contribution in [0.5, 0.6) is 0 Å². The van der Waals surface area contributed by atoms with Crippen molar-refractivity contribution in [1.82, 2.24) is 4.31 Å². The van der Waals surface area contributed by atoms with E-state index in [2.05, 4.69) is 12.1 Å². The molecule has 0 unspecified atom stereocenters. The Morgan fingerprint density at radius 3 is 2.12 bits per heavy atom. The Labute approximate surface area is 247 Å². The summed E-state index contributed by atoms with van der Waals surface area (Å²) in [6.45, 7) is 1.27. The highest BCUT2D eigenvalue weighted by atomic mass is 32.2. The number of nitro groups is 1. The first-order valence-electron chi connectivity index (χ1n) is 14.4. The smallest absolute Gasteiger partial charge is 0.289 e. The lowest BCUT2D eigenvalue weighted by atomic mass is 10.0. The fourth-order valence-electron chi connectivity index (χ4n) is 5.09. The maximum atomic E-state index is 13.8. The summed E-state index contributed by atoms with van der Waals surface area (Å²) < 4.78 is 40.2. The molecular formula is C32H38N2O7S. The summed E-state index contributed by atoms with van der Waals surface area (Å²) >= 11 is 0. The van der Waals surface area contributed by atoms with Gasteiger partial charge in [-0.25, -0.2) is 8.42 Å². The lowest BCUT2D eigenvalue weighted by molar-refractivity contribution is -0.387. The fourth-order valence-corrected chi connectivity index (χ4v) is 6.81. The molecule has 1 fully saturated rings. The minimum Gasteiger partial charge on any atom is -0.377 e. The van der Waals surface area contributed by atoms with Crippen molar-refractivity contribution in [2.45, 2.75) is 81.2 Å². The molecule has 224 valence electrons. The predicted molar refractivity (Wildman–Crippen MR) is 159 cm³/mol. The molecule has 1 saturated heterocycles. The summed E-state index contributed by atoms with van der Waals surface area (Å²) in [7, 11) is -4.40. The maximum absolute atomic E-state index is 13.8. The number of para-hydroxylation sites is 1. The van der Waals surface area contributed by atoms with Gasteiger partial charge in [0, 0.05) is 19.2 Å². The van der Waals surface area contributed by atoms with Gasteiger partial charge in [-0.15, -0.1) is 0 Å². The van der Waals surface area contributed by atoms with E-state index in [4.69, 9.17) is 9.47 Å². The van der Waals surface area contributed by atoms with Crippen LogP contribution in [-0.2, 0) is 37.4 Å². The van der Waals surface area contributed by atoms with E-state index in [9.17, 15) is 23.3 Å². The Hall–Kier alpha value is -3.44. The van der Waals surface area contributed by atoms with Gasteiger partial charge in [-0.3, -0.25) is 10.1 Å². The normalized spacial score (nSPS) is 17.2. The van der Waals surface area contributed by atoms with Crippen LogP contribution in [0.4, 0.5) is 5.69 Å². The highest BCUT2D eigenvalue weighted by Gasteiger charge is 2.50. The molecule has 1 aliphatic heterocycles. The minimum atomic E-state index is -4.40. The van der Waals surface area contributed by atoms with Crippen LogP contribution >= 0.6 is 0 Å². The zero-order valence-electron chi connectivity index (χ0n) is 23.6. The molecule has 0 radical (unpaired) electrons. The van der Waals surface area contributed by atoms with Crippen molar-refractivity contribution in [3.63, 3.8) is 0 Å². The van der Waals surface area contributed by atoms with Crippen LogP contribution in [0.3, 0.4) is 0 Å². The zero-order valence-corrected chi connectivity index (χ0v) is 24.4. The van der Waals surface area contributed by atoms with Gasteiger partial charge in [0.2, 0.25) is 0 Å². The van der Waals surface area contributed by atoms with Crippen molar-refractivity contribution in [3.8, 4) is 0 Å². The van der Waals surface area contributed by atoms with Crippen molar-refractivity contribution >= 4 is 22.0 Å². The Morgan fingerprint density at radius 1 is 0.857 bits per heavy atom. The topological polar surface area (TPSA) is 119 Å². The summed E-state index contributed by atoms with van der Waals surface area (Å²) in [5.41, 5.74) is 1.31. The summed E-state index contributed by atoms with van der Waals surface area (Å²) in [5.74, 6) is 0. The molecule has 0 bridgehead atoms. The average Bonchev–Trinajstić information content (AvgIpc) is 3.78. The second kappa shape index (κ2) is 15.7. The molecule has 3 aromatic rings. The maximum Gasteiger partial charge on any atom is 0.289 e. The molecule has 0 aliphatic carbocycles. The number of hydrogen-bond donors (Lipinski definition) is 0. The number of nitro benzene ring substituents is 1. The highest BCUT2D eigenvalue weighted by molar-refractivity contribution is 7.89. The molecule has 0 saturated carbocycles. The van der Waals surface area contributed by atoms with Crippen molar-refractivity contribution < 1.29 is 27.6 Å². The van der Waals surface area contributed by atoms with Gasteiger partial charge < -0.3 is 14.3 Å². The summed E-state index contributed by atoms with van der Waals surface area (Å²) in [4.78, 5) is 22.8. The van der Waals surface area contributed by atoms with Gasteiger partial charge in [0.25, 0.3) is 15.7 Å². The average molecular weight is 595 g/mol. The fraction of sp³-hybridized carbons (Fsp3) is 0.406. The third-order valence-electron chi connectivity index (χ3n) is 7.40. The van der Waals surface area contributed by atoms with Crippen LogP contribution in [0.15, 0.2) is 89.8 Å². The van der Waals surface area contributed by atoms with Gasteiger partial charge in [-0.2, -0.15) is 4.31 Å². The van der Waals surface area contributed by atoms with E-state index in [0.29, 0.717) is 18.5 Å². The molecule has 0 aromatic heterocycles. The van der Waals surface area contributed by atoms with Gasteiger partial charge in [-0.1, -0.05) is 105 Å². The van der Waals surface area contributed by atoms with Crippen molar-refractivity contribution in [2.24, 2.45) is 0 Å². The number of aldehydes is 1. The molecule has 0 N–H and O–H groups in total. The Morgan fingerprint density at radius 2 is 1.45 bits per heavy atom. The number of unbranched alkanes of at least 4 members (excludes halogenated alkanes) is 5. The molecule has 1 heterocycles. The van der Waals surface area contributed by atoms with E-state index >= 15 is 0 Å². The summed E-state index contributed by atoms with van der Waals surface area (Å²) in [6, 6.07) is 23.1. The number of benzene rings is 3. The first kappa shape index (κ1) is 31.5. The number of nitrogens with zero attached hydrogens (tertiary/aromatic N) is 2. The standard InChI is InChI=1S/C32H38N2O7S/c35-24-29(32-30(41-32)20-11-3-1-2-4-14-22-40-25-27-17-9-6-10-18-27)33(23-26-15-7-5-8-16-26)42(38,39)31-21-13-12-19-28(31)34(36)37/h5-10,12-13,15-19,21,24,29-30,32H,1-4,11,14,20,22-23,25H2/t29-,30-,32-/m0/s1. The number of carbonyl (C=O) groups excluding carboxylic acids is 1. The molecule has 4 rings (SSSR count). The second-order valence-electron chi connectivity index (χ2n) is 10.5. The SMILES string of the molecule is O=C[C@@H]([C@@H]1O[C@H]1CCCCCCCCOCc1ccccc1)N(Cc1ccccc1)S(=O)(=O)c1ccccc1[N+](=O)[O-]. The zero-order chi connectivity index (χ0) is 29.8. The molecule has 10 heteroatoms. The third-order valence-corrected chi connectivity index (χ3v) is 9.29. The monoisotopic (exact) mass is 594 g/mol. The number of epoxide rings is 1. The Balaban J connectivity index is 1.27. The Bertz CT molecular complexity index is 1390. The first-order valence-corrected chi connectivity index (χ1v) is 15.9. The molecular weight excluding hydrogens is 556 g/mol. The highest BCUT2D eigenvalue weighted by Crippen LogP contribution is 2.36. The molecule has 0 spiro atoms. The van der Waals surface area contributed by atoms with Crippen LogP contribution in [0, 0.1) is 10.1 Å². The van der Waals surface area contributed by atoms with Crippen LogP contribution in [0.25, 0.3) is 0 Å². The van der Waals surface area contributed by atoms with Crippen molar-refractivity contribution in [3.05, 3.63) is 106 Å². The van der Waals surface area contributed by atoms with E-state index in [1.54, 1.807) is 30.3 Å². The number of carbonyl (C=O) groups is 1. The summed E-state index contributed by atoms with van der Waals surface area (Å²) in [6.07, 6.45) is 6.73. The van der Waals surface area contributed by atoms with E-state index in [-0.39, 0.29) is 12.6 Å². The number of sulfonamides is 1. The van der Waals surface area contributed by atoms with Gasteiger partial charge in [0.05, 0.1) is 17.6 Å². The number of ether oxygens (including phenoxy) is 2. The van der Waals surface area contributed by atoms with Crippen LogP contribution < -0.4 is 0 Å². The third kappa shape index (κ3) is 8.78. The van der Waals surface area contributed by atoms with Gasteiger partial charge in [-0.05, 0) is 30.0 Å². The van der Waals surface area contributed by atoms with E-state index in [1.165, 1.54) is 23.8 Å². The molecule has 9 nitrogen and oxygen atoms in total. The molecule has 3 aromatic carbocycles. The second-order valence-corrected chi connectivity index (χ2v) is 12.3. The lowest BCUT2D eigenvalue weighted by Crippen LogP contribution is -2.44. The van der Waals surface area contributed by atoms with E-state index < -0.39 is 37.7 Å². The quantitative estimate of drug-likeness (QED) is 0.0543. The first-order chi connectivity index (χ1) is 20.4. The van der Waals surface area contributed by atoms with Crippen molar-refractivity contribution in [2.75, 3.05) is 6.61 Å². The Kier molecular flexibility index (Phi) is 11.8. The molecule has 42 heavy (non-hydrogen) atoms. The molecule has 0 amide bonds. The molecule has 1 aliphatic rings. The molecule has 3 atom stereocenters. The predicted octanol–water partition coefficient (Wildman–Crippen LogP) is 6.07. The minimum absolute atomic E-state index is 0.111. The van der Waals surface area contributed by atoms with Gasteiger partial charge in [0.1, 0.15) is 18.4 Å². The lowest BCUT2D eigenvalue weighted by Gasteiger charge is -2.26. The van der Waals surface area contributed by atoms with Crippen LogP contribution in [0.1, 0.15) is 56.1 Å². The van der Waals surface area contributed by atoms with Crippen LogP contribution in [0.2, 0.25) is 0 Å². The van der Waals surface area contributed by atoms with Crippen molar-refractivity contribution in [1.29, 1.82) is 0 Å².